The third-order valence-corrected chi connectivity index (χ3v) is 3.02. The Kier molecular flexibility index (Phi) is 3.99. The molecule has 1 aromatic heterocycles. The van der Waals surface area contributed by atoms with Crippen molar-refractivity contribution in [3.8, 4) is 5.69 Å². The van der Waals surface area contributed by atoms with Crippen LogP contribution in [0.5, 0.6) is 0 Å². The van der Waals surface area contributed by atoms with Crippen molar-refractivity contribution in [2.75, 3.05) is 6.61 Å². The van der Waals surface area contributed by atoms with E-state index < -0.39 is 10.9 Å². The van der Waals surface area contributed by atoms with Gasteiger partial charge in [-0.15, -0.1) is 0 Å². The normalized spacial score (nSPS) is 10.6. The number of benzene rings is 1. The van der Waals surface area contributed by atoms with Gasteiger partial charge in [-0.05, 0) is 18.9 Å². The predicted molar refractivity (Wildman–Crippen MR) is 72.7 cm³/mol. The van der Waals surface area contributed by atoms with E-state index in [-0.39, 0.29) is 24.4 Å². The molecule has 0 aliphatic rings. The maximum atomic E-state index is 11.1. The van der Waals surface area contributed by atoms with Crippen molar-refractivity contribution < 1.29 is 19.9 Å². The number of nitro benzene ring substituents is 1. The molecular formula is C13H13N3O5. The van der Waals surface area contributed by atoms with E-state index >= 15 is 0 Å². The molecule has 110 valence electrons. The SMILES string of the molecule is Cc1ccc([N+](=O)[O-])cc1-n1cc(CCO)c(C(=O)O)n1. The molecule has 0 fully saturated rings. The summed E-state index contributed by atoms with van der Waals surface area (Å²) in [5.41, 5.74) is 1.24. The average molecular weight is 291 g/mol. The van der Waals surface area contributed by atoms with Crippen LogP contribution in [0.4, 0.5) is 5.69 Å². The van der Waals surface area contributed by atoms with E-state index in [1.807, 2.05) is 0 Å². The summed E-state index contributed by atoms with van der Waals surface area (Å²) in [4.78, 5) is 21.4. The molecule has 0 aliphatic heterocycles. The van der Waals surface area contributed by atoms with Crippen LogP contribution >= 0.6 is 0 Å². The Bertz CT molecular complexity index is 708. The van der Waals surface area contributed by atoms with Crippen LogP contribution in [-0.2, 0) is 6.42 Å². The minimum absolute atomic E-state index is 0.105. The zero-order chi connectivity index (χ0) is 15.6. The van der Waals surface area contributed by atoms with Gasteiger partial charge in [-0.3, -0.25) is 10.1 Å². The van der Waals surface area contributed by atoms with Crippen LogP contribution in [0.25, 0.3) is 5.69 Å². The number of nitrogens with zero attached hydrogens (tertiary/aromatic N) is 3. The highest BCUT2D eigenvalue weighted by molar-refractivity contribution is 5.87. The highest BCUT2D eigenvalue weighted by atomic mass is 16.6. The summed E-state index contributed by atoms with van der Waals surface area (Å²) in [7, 11) is 0. The fourth-order valence-corrected chi connectivity index (χ4v) is 1.97. The first-order chi connectivity index (χ1) is 9.93. The van der Waals surface area contributed by atoms with Gasteiger partial charge < -0.3 is 10.2 Å². The standard InChI is InChI=1S/C13H13N3O5/c1-8-2-3-10(16(20)21)6-11(8)15-7-9(4-5-17)12(14-15)13(18)19/h2-3,6-7,17H,4-5H2,1H3,(H,18,19). The van der Waals surface area contributed by atoms with E-state index in [0.29, 0.717) is 11.3 Å². The van der Waals surface area contributed by atoms with E-state index in [1.54, 1.807) is 13.0 Å². The number of hydrogen-bond donors (Lipinski definition) is 2. The molecule has 0 aliphatic carbocycles. The highest BCUT2D eigenvalue weighted by Gasteiger charge is 2.18. The Morgan fingerprint density at radius 1 is 1.48 bits per heavy atom. The first-order valence-electron chi connectivity index (χ1n) is 6.12. The van der Waals surface area contributed by atoms with Gasteiger partial charge in [0.15, 0.2) is 5.69 Å². The number of carboxylic acids is 1. The van der Waals surface area contributed by atoms with E-state index in [1.165, 1.54) is 23.0 Å². The Labute approximate surface area is 119 Å². The van der Waals surface area contributed by atoms with Crippen LogP contribution < -0.4 is 0 Å². The third kappa shape index (κ3) is 2.90. The first kappa shape index (κ1) is 14.7. The van der Waals surface area contributed by atoms with Gasteiger partial charge in [0.2, 0.25) is 0 Å². The maximum absolute atomic E-state index is 11.1. The second kappa shape index (κ2) is 5.71. The number of aromatic carboxylic acids is 1. The summed E-state index contributed by atoms with van der Waals surface area (Å²) in [6, 6.07) is 4.27. The lowest BCUT2D eigenvalue weighted by molar-refractivity contribution is -0.384. The predicted octanol–water partition coefficient (Wildman–Crippen LogP) is 1.32. The van der Waals surface area contributed by atoms with Crippen LogP contribution in [0.15, 0.2) is 24.4 Å². The van der Waals surface area contributed by atoms with Crippen molar-refractivity contribution in [2.24, 2.45) is 0 Å². The number of aryl methyl sites for hydroxylation is 1. The van der Waals surface area contributed by atoms with Gasteiger partial charge in [-0.25, -0.2) is 9.48 Å². The van der Waals surface area contributed by atoms with Crippen molar-refractivity contribution >= 4 is 11.7 Å². The zero-order valence-electron chi connectivity index (χ0n) is 11.2. The number of carbonyl (C=O) groups is 1. The Morgan fingerprint density at radius 2 is 2.19 bits per heavy atom. The molecule has 2 rings (SSSR count). The summed E-state index contributed by atoms with van der Waals surface area (Å²) in [5, 5.41) is 32.8. The molecule has 0 spiro atoms. The molecule has 0 radical (unpaired) electrons. The molecule has 2 N–H and O–H groups in total. The summed E-state index contributed by atoms with van der Waals surface area (Å²) < 4.78 is 1.29. The molecule has 2 aromatic rings. The molecule has 1 heterocycles. The molecule has 0 saturated carbocycles. The quantitative estimate of drug-likeness (QED) is 0.633. The zero-order valence-corrected chi connectivity index (χ0v) is 11.2. The molecule has 8 heteroatoms. The van der Waals surface area contributed by atoms with Crippen LogP contribution in [-0.4, -0.2) is 37.5 Å². The largest absolute Gasteiger partial charge is 0.476 e. The van der Waals surface area contributed by atoms with Crippen molar-refractivity contribution in [3.63, 3.8) is 0 Å². The minimum Gasteiger partial charge on any atom is -0.476 e. The fraction of sp³-hybridized carbons (Fsp3) is 0.231. The fourth-order valence-electron chi connectivity index (χ4n) is 1.97. The van der Waals surface area contributed by atoms with E-state index in [0.717, 1.165) is 5.56 Å². The number of aliphatic hydroxyl groups is 1. The summed E-state index contributed by atoms with van der Waals surface area (Å²) in [6.45, 7) is 1.53. The van der Waals surface area contributed by atoms with Gasteiger partial charge in [0.05, 0.1) is 10.6 Å². The molecule has 0 bridgehead atoms. The Hall–Kier alpha value is -2.74. The number of aliphatic hydroxyl groups excluding tert-OH is 1. The summed E-state index contributed by atoms with van der Waals surface area (Å²) in [6.07, 6.45) is 1.61. The van der Waals surface area contributed by atoms with Gasteiger partial charge in [0, 0.05) is 30.5 Å². The van der Waals surface area contributed by atoms with E-state index in [9.17, 15) is 14.9 Å². The first-order valence-corrected chi connectivity index (χ1v) is 6.12. The number of non-ortho nitro benzene ring substituents is 1. The van der Waals surface area contributed by atoms with Crippen LogP contribution in [0, 0.1) is 17.0 Å². The highest BCUT2D eigenvalue weighted by Crippen LogP contribution is 2.22. The average Bonchev–Trinajstić information content (AvgIpc) is 2.83. The Balaban J connectivity index is 2.56. The molecule has 0 atom stereocenters. The smallest absolute Gasteiger partial charge is 0.356 e. The molecular weight excluding hydrogens is 278 g/mol. The van der Waals surface area contributed by atoms with Crippen LogP contribution in [0.1, 0.15) is 21.6 Å². The van der Waals surface area contributed by atoms with E-state index in [4.69, 9.17) is 10.2 Å². The van der Waals surface area contributed by atoms with Crippen LogP contribution in [0.2, 0.25) is 0 Å². The van der Waals surface area contributed by atoms with Gasteiger partial charge in [0.25, 0.3) is 5.69 Å². The molecule has 0 saturated heterocycles. The van der Waals surface area contributed by atoms with Gasteiger partial charge >= 0.3 is 5.97 Å². The van der Waals surface area contributed by atoms with Crippen molar-refractivity contribution in [3.05, 3.63) is 51.3 Å². The monoisotopic (exact) mass is 291 g/mol. The topological polar surface area (TPSA) is 118 Å². The lowest BCUT2D eigenvalue weighted by atomic mass is 10.1. The number of aromatic nitrogens is 2. The lowest BCUT2D eigenvalue weighted by Gasteiger charge is -2.05. The number of hydrogen-bond acceptors (Lipinski definition) is 5. The van der Waals surface area contributed by atoms with Crippen molar-refractivity contribution in [1.82, 2.24) is 9.78 Å². The van der Waals surface area contributed by atoms with E-state index in [2.05, 4.69) is 5.10 Å². The summed E-state index contributed by atoms with van der Waals surface area (Å²) in [5.74, 6) is -1.21. The molecule has 8 nitrogen and oxygen atoms in total. The maximum Gasteiger partial charge on any atom is 0.356 e. The second-order valence-electron chi connectivity index (χ2n) is 4.45. The van der Waals surface area contributed by atoms with Crippen molar-refractivity contribution in [1.29, 1.82) is 0 Å². The number of nitro groups is 1. The lowest BCUT2D eigenvalue weighted by Crippen LogP contribution is -2.04. The van der Waals surface area contributed by atoms with Crippen LogP contribution in [0.3, 0.4) is 0 Å². The molecule has 1 aromatic carbocycles. The second-order valence-corrected chi connectivity index (χ2v) is 4.45. The van der Waals surface area contributed by atoms with Gasteiger partial charge in [-0.1, -0.05) is 6.07 Å². The molecule has 0 unspecified atom stereocenters. The minimum atomic E-state index is -1.21. The molecule has 21 heavy (non-hydrogen) atoms. The third-order valence-electron chi connectivity index (χ3n) is 3.02. The number of carboxylic acid groups (broad SMARTS) is 1. The van der Waals surface area contributed by atoms with Gasteiger partial charge in [0.1, 0.15) is 0 Å². The Morgan fingerprint density at radius 3 is 2.76 bits per heavy atom. The summed E-state index contributed by atoms with van der Waals surface area (Å²) >= 11 is 0. The van der Waals surface area contributed by atoms with Gasteiger partial charge in [-0.2, -0.15) is 5.10 Å². The number of rotatable bonds is 5. The molecule has 0 amide bonds. The van der Waals surface area contributed by atoms with Crippen molar-refractivity contribution in [2.45, 2.75) is 13.3 Å².